The predicted octanol–water partition coefficient (Wildman–Crippen LogP) is 5.41. The Bertz CT molecular complexity index is 850. The number of nitrogens with zero attached hydrogens (tertiary/aromatic N) is 2. The van der Waals surface area contributed by atoms with Gasteiger partial charge in [-0.05, 0) is 76.8 Å². The second kappa shape index (κ2) is 7.83. The Balaban J connectivity index is 1.69. The van der Waals surface area contributed by atoms with Gasteiger partial charge in [0.1, 0.15) is 0 Å². The summed E-state index contributed by atoms with van der Waals surface area (Å²) in [5.41, 5.74) is 6.61. The minimum absolute atomic E-state index is 0.780. The number of hydrogen-bond acceptors (Lipinski definition) is 3. The van der Waals surface area contributed by atoms with Gasteiger partial charge in [-0.3, -0.25) is 0 Å². The van der Waals surface area contributed by atoms with E-state index in [0.29, 0.717) is 0 Å². The fourth-order valence-electron chi connectivity index (χ4n) is 3.51. The second-order valence-electron chi connectivity index (χ2n) is 6.95. The van der Waals surface area contributed by atoms with E-state index in [0.717, 1.165) is 37.6 Å². The zero-order valence-corrected chi connectivity index (χ0v) is 16.6. The molecule has 0 aliphatic carbocycles. The number of anilines is 1. The Morgan fingerprint density at radius 1 is 0.962 bits per heavy atom. The molecular weight excluding hydrogens is 360 g/mol. The molecule has 3 aromatic rings. The molecule has 0 radical (unpaired) electrons. The number of likely N-dealkylation sites (N-methyl/N-ethyl adjacent to an activating group) is 1. The SMILES string of the molecule is CN1CCN(c2ccc(-c3ccc(Cl)cc3)c(Cc3ccsc3)c2)CC1. The first-order valence-electron chi connectivity index (χ1n) is 9.02. The monoisotopic (exact) mass is 382 g/mol. The van der Waals surface area contributed by atoms with Crippen LogP contribution >= 0.6 is 22.9 Å². The van der Waals surface area contributed by atoms with Gasteiger partial charge in [0.25, 0.3) is 0 Å². The van der Waals surface area contributed by atoms with Gasteiger partial charge in [0, 0.05) is 36.9 Å². The summed E-state index contributed by atoms with van der Waals surface area (Å²) in [5.74, 6) is 0. The zero-order valence-electron chi connectivity index (χ0n) is 15.0. The molecule has 0 unspecified atom stereocenters. The van der Waals surface area contributed by atoms with Crippen LogP contribution < -0.4 is 4.90 Å². The van der Waals surface area contributed by atoms with Crippen molar-refractivity contribution in [3.8, 4) is 11.1 Å². The summed E-state index contributed by atoms with van der Waals surface area (Å²) < 4.78 is 0. The molecule has 0 atom stereocenters. The first kappa shape index (κ1) is 17.6. The van der Waals surface area contributed by atoms with Crippen molar-refractivity contribution < 1.29 is 0 Å². The summed E-state index contributed by atoms with van der Waals surface area (Å²) in [4.78, 5) is 4.90. The van der Waals surface area contributed by atoms with Gasteiger partial charge in [0.15, 0.2) is 0 Å². The van der Waals surface area contributed by atoms with Crippen molar-refractivity contribution in [2.24, 2.45) is 0 Å². The lowest BCUT2D eigenvalue weighted by molar-refractivity contribution is 0.313. The third-order valence-electron chi connectivity index (χ3n) is 5.09. The van der Waals surface area contributed by atoms with Crippen LogP contribution in [0.2, 0.25) is 5.02 Å². The molecular formula is C22H23ClN2S. The molecule has 0 N–H and O–H groups in total. The van der Waals surface area contributed by atoms with Crippen LogP contribution in [0.1, 0.15) is 11.1 Å². The van der Waals surface area contributed by atoms with E-state index in [9.17, 15) is 0 Å². The number of benzene rings is 2. The van der Waals surface area contributed by atoms with E-state index in [1.165, 1.54) is 27.9 Å². The molecule has 0 saturated carbocycles. The molecule has 1 aliphatic rings. The summed E-state index contributed by atoms with van der Waals surface area (Å²) >= 11 is 7.84. The highest BCUT2D eigenvalue weighted by molar-refractivity contribution is 7.07. The highest BCUT2D eigenvalue weighted by Crippen LogP contribution is 2.31. The molecule has 26 heavy (non-hydrogen) atoms. The first-order valence-corrected chi connectivity index (χ1v) is 10.3. The Kier molecular flexibility index (Phi) is 5.30. The second-order valence-corrected chi connectivity index (χ2v) is 8.16. The highest BCUT2D eigenvalue weighted by atomic mass is 35.5. The van der Waals surface area contributed by atoms with Gasteiger partial charge in [0.05, 0.1) is 0 Å². The fourth-order valence-corrected chi connectivity index (χ4v) is 4.31. The Morgan fingerprint density at radius 2 is 1.73 bits per heavy atom. The molecule has 0 spiro atoms. The van der Waals surface area contributed by atoms with Crippen LogP contribution in [0.5, 0.6) is 0 Å². The van der Waals surface area contributed by atoms with Gasteiger partial charge in [-0.15, -0.1) is 0 Å². The van der Waals surface area contributed by atoms with Crippen molar-refractivity contribution in [3.63, 3.8) is 0 Å². The standard InChI is InChI=1S/C22H23ClN2S/c1-24-9-11-25(12-10-24)21-6-7-22(18-2-4-20(23)5-3-18)19(15-21)14-17-8-13-26-16-17/h2-8,13,15-16H,9-12,14H2,1H3. The number of halogens is 1. The molecule has 1 saturated heterocycles. The molecule has 1 fully saturated rings. The van der Waals surface area contributed by atoms with Gasteiger partial charge in [0.2, 0.25) is 0 Å². The zero-order chi connectivity index (χ0) is 17.9. The summed E-state index contributed by atoms with van der Waals surface area (Å²) in [6.07, 6.45) is 0.961. The summed E-state index contributed by atoms with van der Waals surface area (Å²) in [7, 11) is 2.20. The minimum Gasteiger partial charge on any atom is -0.369 e. The van der Waals surface area contributed by atoms with Crippen LogP contribution in [-0.2, 0) is 6.42 Å². The van der Waals surface area contributed by atoms with Crippen LogP contribution in [0, 0.1) is 0 Å². The van der Waals surface area contributed by atoms with Crippen molar-refractivity contribution in [3.05, 3.63) is 75.4 Å². The summed E-state index contributed by atoms with van der Waals surface area (Å²) in [6, 6.07) is 17.3. The summed E-state index contributed by atoms with van der Waals surface area (Å²) in [5, 5.41) is 5.18. The molecule has 2 nitrogen and oxygen atoms in total. The lowest BCUT2D eigenvalue weighted by Gasteiger charge is -2.34. The van der Waals surface area contributed by atoms with E-state index < -0.39 is 0 Å². The third kappa shape index (κ3) is 3.96. The molecule has 0 amide bonds. The Morgan fingerprint density at radius 3 is 2.42 bits per heavy atom. The van der Waals surface area contributed by atoms with Crippen LogP contribution in [0.15, 0.2) is 59.3 Å². The normalized spacial score (nSPS) is 15.4. The number of hydrogen-bond donors (Lipinski definition) is 0. The molecule has 1 aromatic heterocycles. The molecule has 134 valence electrons. The number of piperazine rings is 1. The van der Waals surface area contributed by atoms with Gasteiger partial charge in [-0.1, -0.05) is 29.8 Å². The van der Waals surface area contributed by atoms with Crippen molar-refractivity contribution in [1.82, 2.24) is 4.90 Å². The lowest BCUT2D eigenvalue weighted by atomic mass is 9.95. The van der Waals surface area contributed by atoms with E-state index >= 15 is 0 Å². The van der Waals surface area contributed by atoms with E-state index in [4.69, 9.17) is 11.6 Å². The van der Waals surface area contributed by atoms with E-state index in [1.807, 2.05) is 12.1 Å². The fraction of sp³-hybridized carbons (Fsp3) is 0.273. The average molecular weight is 383 g/mol. The van der Waals surface area contributed by atoms with Crippen molar-refractivity contribution in [2.75, 3.05) is 38.1 Å². The topological polar surface area (TPSA) is 6.48 Å². The van der Waals surface area contributed by atoms with Crippen LogP contribution in [0.25, 0.3) is 11.1 Å². The lowest BCUT2D eigenvalue weighted by Crippen LogP contribution is -2.44. The molecule has 0 bridgehead atoms. The quantitative estimate of drug-likeness (QED) is 0.595. The van der Waals surface area contributed by atoms with Crippen molar-refractivity contribution in [1.29, 1.82) is 0 Å². The Hall–Kier alpha value is -1.81. The van der Waals surface area contributed by atoms with Crippen molar-refractivity contribution >= 4 is 28.6 Å². The average Bonchev–Trinajstić information content (AvgIpc) is 3.16. The maximum atomic E-state index is 6.08. The Labute approximate surface area is 164 Å². The van der Waals surface area contributed by atoms with Gasteiger partial charge in [-0.2, -0.15) is 11.3 Å². The maximum Gasteiger partial charge on any atom is 0.0406 e. The summed E-state index contributed by atoms with van der Waals surface area (Å²) in [6.45, 7) is 4.43. The van der Waals surface area contributed by atoms with E-state index in [1.54, 1.807) is 11.3 Å². The molecule has 4 heteroatoms. The maximum absolute atomic E-state index is 6.08. The molecule has 1 aliphatic heterocycles. The van der Waals surface area contributed by atoms with E-state index in [2.05, 4.69) is 64.0 Å². The largest absolute Gasteiger partial charge is 0.369 e. The van der Waals surface area contributed by atoms with Gasteiger partial charge in [-0.25, -0.2) is 0 Å². The predicted molar refractivity (Wildman–Crippen MR) is 114 cm³/mol. The van der Waals surface area contributed by atoms with E-state index in [-0.39, 0.29) is 0 Å². The number of rotatable bonds is 4. The molecule has 2 aromatic carbocycles. The minimum atomic E-state index is 0.780. The van der Waals surface area contributed by atoms with Crippen LogP contribution in [0.4, 0.5) is 5.69 Å². The van der Waals surface area contributed by atoms with Gasteiger partial charge < -0.3 is 9.80 Å². The van der Waals surface area contributed by atoms with Crippen LogP contribution in [-0.4, -0.2) is 38.1 Å². The van der Waals surface area contributed by atoms with Gasteiger partial charge >= 0.3 is 0 Å². The first-order chi connectivity index (χ1) is 12.7. The smallest absolute Gasteiger partial charge is 0.0406 e. The van der Waals surface area contributed by atoms with Crippen LogP contribution in [0.3, 0.4) is 0 Å². The van der Waals surface area contributed by atoms with Crippen molar-refractivity contribution in [2.45, 2.75) is 6.42 Å². The molecule has 4 rings (SSSR count). The third-order valence-corrected chi connectivity index (χ3v) is 6.07. The molecule has 2 heterocycles. The highest BCUT2D eigenvalue weighted by Gasteiger charge is 2.16. The number of thiophene rings is 1.